The lowest BCUT2D eigenvalue weighted by Gasteiger charge is -2.10. The van der Waals surface area contributed by atoms with Gasteiger partial charge in [-0.3, -0.25) is 0 Å². The summed E-state index contributed by atoms with van der Waals surface area (Å²) >= 11 is 9.09. The summed E-state index contributed by atoms with van der Waals surface area (Å²) in [7, 11) is 0. The number of hydrogen-bond acceptors (Lipinski definition) is 1. The first-order chi connectivity index (χ1) is 8.97. The molecule has 0 saturated heterocycles. The standard InChI is InChI=1S/C13H8BrClF3N/c14-10-3-8(15)2-1-7(10)6-19-12-5-9(16)4-11(17)13(12)18/h1-5,19H,6H2. The smallest absolute Gasteiger partial charge is 0.182 e. The number of hydrogen-bond donors (Lipinski definition) is 1. The fourth-order valence-electron chi connectivity index (χ4n) is 1.54. The van der Waals surface area contributed by atoms with Crippen LogP contribution in [0.3, 0.4) is 0 Å². The van der Waals surface area contributed by atoms with Crippen LogP contribution in [0.25, 0.3) is 0 Å². The van der Waals surface area contributed by atoms with Crippen LogP contribution in [0, 0.1) is 17.5 Å². The van der Waals surface area contributed by atoms with Crippen LogP contribution in [0.2, 0.25) is 5.02 Å². The lowest BCUT2D eigenvalue weighted by Crippen LogP contribution is -2.04. The van der Waals surface area contributed by atoms with Crippen LogP contribution >= 0.6 is 27.5 Å². The van der Waals surface area contributed by atoms with E-state index < -0.39 is 17.5 Å². The van der Waals surface area contributed by atoms with Crippen molar-refractivity contribution in [3.05, 3.63) is 62.8 Å². The first-order valence-electron chi connectivity index (χ1n) is 5.29. The van der Waals surface area contributed by atoms with Crippen molar-refractivity contribution in [3.63, 3.8) is 0 Å². The quantitative estimate of drug-likeness (QED) is 0.757. The highest BCUT2D eigenvalue weighted by Gasteiger charge is 2.11. The van der Waals surface area contributed by atoms with Gasteiger partial charge in [-0.1, -0.05) is 33.6 Å². The van der Waals surface area contributed by atoms with Crippen molar-refractivity contribution in [2.45, 2.75) is 6.54 Å². The maximum atomic E-state index is 13.4. The predicted octanol–water partition coefficient (Wildman–Crippen LogP) is 5.13. The molecule has 0 heterocycles. The van der Waals surface area contributed by atoms with Crippen molar-refractivity contribution in [2.75, 3.05) is 5.32 Å². The second-order valence-corrected chi connectivity index (χ2v) is 5.13. The molecule has 2 aromatic carbocycles. The lowest BCUT2D eigenvalue weighted by atomic mass is 10.2. The van der Waals surface area contributed by atoms with E-state index in [4.69, 9.17) is 11.6 Å². The summed E-state index contributed by atoms with van der Waals surface area (Å²) in [6.07, 6.45) is 0. The van der Waals surface area contributed by atoms with E-state index in [1.54, 1.807) is 18.2 Å². The Hall–Kier alpha value is -1.20. The van der Waals surface area contributed by atoms with Crippen LogP contribution in [-0.2, 0) is 6.54 Å². The molecule has 0 bridgehead atoms. The second kappa shape index (κ2) is 5.84. The molecule has 0 aliphatic heterocycles. The highest BCUT2D eigenvalue weighted by molar-refractivity contribution is 9.10. The van der Waals surface area contributed by atoms with E-state index in [1.807, 2.05) is 0 Å². The Morgan fingerprint density at radius 2 is 1.84 bits per heavy atom. The fraction of sp³-hybridized carbons (Fsp3) is 0.0769. The summed E-state index contributed by atoms with van der Waals surface area (Å²) in [6.45, 7) is 0.206. The monoisotopic (exact) mass is 349 g/mol. The Labute approximate surface area is 121 Å². The van der Waals surface area contributed by atoms with E-state index in [1.165, 1.54) is 0 Å². The van der Waals surface area contributed by atoms with Gasteiger partial charge in [0.15, 0.2) is 11.6 Å². The highest BCUT2D eigenvalue weighted by atomic mass is 79.9. The molecule has 0 fully saturated rings. The minimum Gasteiger partial charge on any atom is -0.378 e. The van der Waals surface area contributed by atoms with Crippen molar-refractivity contribution < 1.29 is 13.2 Å². The largest absolute Gasteiger partial charge is 0.378 e. The third kappa shape index (κ3) is 3.42. The van der Waals surface area contributed by atoms with Gasteiger partial charge < -0.3 is 5.32 Å². The molecule has 0 aliphatic rings. The van der Waals surface area contributed by atoms with Gasteiger partial charge in [-0.05, 0) is 17.7 Å². The van der Waals surface area contributed by atoms with Gasteiger partial charge >= 0.3 is 0 Å². The zero-order valence-electron chi connectivity index (χ0n) is 9.48. The lowest BCUT2D eigenvalue weighted by molar-refractivity contribution is 0.497. The maximum absolute atomic E-state index is 13.4. The number of benzene rings is 2. The van der Waals surface area contributed by atoms with Gasteiger partial charge in [0.2, 0.25) is 0 Å². The molecular weight excluding hydrogens is 343 g/mol. The van der Waals surface area contributed by atoms with Crippen LogP contribution in [-0.4, -0.2) is 0 Å². The van der Waals surface area contributed by atoms with Gasteiger partial charge in [-0.15, -0.1) is 0 Å². The molecular formula is C13H8BrClF3N. The molecule has 2 aromatic rings. The second-order valence-electron chi connectivity index (χ2n) is 3.84. The molecule has 19 heavy (non-hydrogen) atoms. The summed E-state index contributed by atoms with van der Waals surface area (Å²) in [6, 6.07) is 6.49. The molecule has 0 aliphatic carbocycles. The van der Waals surface area contributed by atoms with Crippen LogP contribution in [0.4, 0.5) is 18.9 Å². The first-order valence-corrected chi connectivity index (χ1v) is 6.47. The minimum absolute atomic E-state index is 0.206. The third-order valence-electron chi connectivity index (χ3n) is 2.48. The van der Waals surface area contributed by atoms with E-state index in [9.17, 15) is 13.2 Å². The highest BCUT2D eigenvalue weighted by Crippen LogP contribution is 2.24. The molecule has 1 nitrogen and oxygen atoms in total. The molecule has 0 radical (unpaired) electrons. The summed E-state index contributed by atoms with van der Waals surface area (Å²) < 4.78 is 40.1. The number of rotatable bonds is 3. The third-order valence-corrected chi connectivity index (χ3v) is 3.45. The normalized spacial score (nSPS) is 10.6. The summed E-state index contributed by atoms with van der Waals surface area (Å²) in [5, 5.41) is 3.20. The Morgan fingerprint density at radius 1 is 1.11 bits per heavy atom. The topological polar surface area (TPSA) is 12.0 Å². The van der Waals surface area contributed by atoms with E-state index >= 15 is 0 Å². The Bertz CT molecular complexity index is 619. The Balaban J connectivity index is 2.19. The van der Waals surface area contributed by atoms with Crippen LogP contribution < -0.4 is 5.32 Å². The Kier molecular flexibility index (Phi) is 4.37. The number of nitrogens with one attached hydrogen (secondary N) is 1. The van der Waals surface area contributed by atoms with E-state index in [0.717, 1.165) is 16.1 Å². The molecule has 0 unspecified atom stereocenters. The molecule has 2 rings (SSSR count). The van der Waals surface area contributed by atoms with Crippen LogP contribution in [0.5, 0.6) is 0 Å². The molecule has 0 spiro atoms. The van der Waals surface area contributed by atoms with Crippen molar-refractivity contribution in [1.82, 2.24) is 0 Å². The molecule has 1 N–H and O–H groups in total. The van der Waals surface area contributed by atoms with Crippen molar-refractivity contribution in [2.24, 2.45) is 0 Å². The molecule has 100 valence electrons. The van der Waals surface area contributed by atoms with Crippen molar-refractivity contribution in [1.29, 1.82) is 0 Å². The average Bonchev–Trinajstić information content (AvgIpc) is 2.33. The minimum atomic E-state index is -1.22. The summed E-state index contributed by atoms with van der Waals surface area (Å²) in [4.78, 5) is 0. The van der Waals surface area contributed by atoms with Crippen molar-refractivity contribution >= 4 is 33.2 Å². The van der Waals surface area contributed by atoms with E-state index in [-0.39, 0.29) is 12.2 Å². The summed E-state index contributed by atoms with van der Waals surface area (Å²) in [5.74, 6) is -3.17. The first kappa shape index (κ1) is 14.2. The van der Waals surface area contributed by atoms with Gasteiger partial charge in [-0.25, -0.2) is 13.2 Å². The Morgan fingerprint density at radius 3 is 2.53 bits per heavy atom. The van der Waals surface area contributed by atoms with Crippen LogP contribution in [0.1, 0.15) is 5.56 Å². The molecule has 6 heteroatoms. The molecule has 0 amide bonds. The van der Waals surface area contributed by atoms with Gasteiger partial charge in [0.1, 0.15) is 5.82 Å². The fourth-order valence-corrected chi connectivity index (χ4v) is 2.36. The van der Waals surface area contributed by atoms with Gasteiger partial charge in [0, 0.05) is 28.2 Å². The molecule has 0 atom stereocenters. The van der Waals surface area contributed by atoms with Gasteiger partial charge in [0.05, 0.1) is 5.69 Å². The summed E-state index contributed by atoms with van der Waals surface area (Å²) in [5.41, 5.74) is 0.563. The van der Waals surface area contributed by atoms with Crippen LogP contribution in [0.15, 0.2) is 34.8 Å². The van der Waals surface area contributed by atoms with Gasteiger partial charge in [-0.2, -0.15) is 0 Å². The maximum Gasteiger partial charge on any atom is 0.182 e. The predicted molar refractivity (Wildman–Crippen MR) is 72.8 cm³/mol. The SMILES string of the molecule is Fc1cc(F)c(F)c(NCc2ccc(Cl)cc2Br)c1. The molecule has 0 aromatic heterocycles. The van der Waals surface area contributed by atoms with Gasteiger partial charge in [0.25, 0.3) is 0 Å². The average molecular weight is 351 g/mol. The van der Waals surface area contributed by atoms with Crippen molar-refractivity contribution in [3.8, 4) is 0 Å². The van der Waals surface area contributed by atoms with E-state index in [2.05, 4.69) is 21.2 Å². The zero-order valence-corrected chi connectivity index (χ0v) is 11.8. The zero-order chi connectivity index (χ0) is 14.0. The number of anilines is 1. The number of halogens is 5. The molecule has 0 saturated carbocycles. The van der Waals surface area contributed by atoms with E-state index in [0.29, 0.717) is 11.1 Å².